The second kappa shape index (κ2) is 7.35. The number of carbonyl (C=O) groups excluding carboxylic acids is 1. The second-order valence-electron chi connectivity index (χ2n) is 6.77. The van der Waals surface area contributed by atoms with Crippen LogP contribution in [0.3, 0.4) is 0 Å². The number of amides is 1. The summed E-state index contributed by atoms with van der Waals surface area (Å²) in [5.74, 6) is 1.62. The van der Waals surface area contributed by atoms with Gasteiger partial charge in [0.15, 0.2) is 0 Å². The van der Waals surface area contributed by atoms with Gasteiger partial charge in [0.1, 0.15) is 11.1 Å². The van der Waals surface area contributed by atoms with Crippen LogP contribution in [-0.4, -0.2) is 34.6 Å². The standard InChI is InChI=1S/C18H25N3OS/c1-11-6-12(2)9-21(8-11)17(22)10-23-18-16(7-19)14(4)13(3)15(5)20-18/h11-12H,6,8-10H2,1-5H3. The van der Waals surface area contributed by atoms with Gasteiger partial charge in [-0.2, -0.15) is 5.26 Å². The van der Waals surface area contributed by atoms with E-state index in [0.29, 0.717) is 28.2 Å². The second-order valence-corrected chi connectivity index (χ2v) is 7.74. The molecule has 0 radical (unpaired) electrons. The van der Waals surface area contributed by atoms with E-state index in [-0.39, 0.29) is 5.91 Å². The van der Waals surface area contributed by atoms with E-state index in [0.717, 1.165) is 29.9 Å². The lowest BCUT2D eigenvalue weighted by atomic mass is 9.92. The Morgan fingerprint density at radius 3 is 2.43 bits per heavy atom. The molecule has 124 valence electrons. The quantitative estimate of drug-likeness (QED) is 0.796. The summed E-state index contributed by atoms with van der Waals surface area (Å²) in [4.78, 5) is 19.0. The molecule has 0 aromatic carbocycles. The Bertz CT molecular complexity index is 641. The molecule has 2 heterocycles. The van der Waals surface area contributed by atoms with Crippen molar-refractivity contribution in [1.82, 2.24) is 9.88 Å². The van der Waals surface area contributed by atoms with Gasteiger partial charge in [-0.1, -0.05) is 25.6 Å². The van der Waals surface area contributed by atoms with Gasteiger partial charge in [0, 0.05) is 18.8 Å². The molecular weight excluding hydrogens is 306 g/mol. The number of piperidine rings is 1. The van der Waals surface area contributed by atoms with Gasteiger partial charge in [-0.15, -0.1) is 0 Å². The van der Waals surface area contributed by atoms with E-state index in [1.165, 1.54) is 18.2 Å². The van der Waals surface area contributed by atoms with Crippen LogP contribution >= 0.6 is 11.8 Å². The highest BCUT2D eigenvalue weighted by molar-refractivity contribution is 8.00. The molecule has 1 saturated heterocycles. The number of carbonyl (C=O) groups is 1. The monoisotopic (exact) mass is 331 g/mol. The number of hydrogen-bond donors (Lipinski definition) is 0. The molecule has 1 fully saturated rings. The van der Waals surface area contributed by atoms with Crippen LogP contribution in [-0.2, 0) is 4.79 Å². The van der Waals surface area contributed by atoms with Crippen molar-refractivity contribution >= 4 is 17.7 Å². The lowest BCUT2D eigenvalue weighted by Gasteiger charge is -2.35. The number of thioether (sulfide) groups is 1. The van der Waals surface area contributed by atoms with Crippen molar-refractivity contribution in [3.63, 3.8) is 0 Å². The lowest BCUT2D eigenvalue weighted by molar-refractivity contribution is -0.130. The van der Waals surface area contributed by atoms with Gasteiger partial charge in [0.05, 0.1) is 11.3 Å². The van der Waals surface area contributed by atoms with Crippen LogP contribution in [0.4, 0.5) is 0 Å². The molecule has 1 aliphatic heterocycles. The van der Waals surface area contributed by atoms with Gasteiger partial charge in [0.2, 0.25) is 5.91 Å². The van der Waals surface area contributed by atoms with Crippen molar-refractivity contribution in [2.45, 2.75) is 46.1 Å². The Morgan fingerprint density at radius 1 is 1.26 bits per heavy atom. The summed E-state index contributed by atoms with van der Waals surface area (Å²) >= 11 is 1.39. The molecule has 2 atom stereocenters. The molecule has 23 heavy (non-hydrogen) atoms. The first-order valence-corrected chi connectivity index (χ1v) is 9.10. The zero-order valence-electron chi connectivity index (χ0n) is 14.6. The van der Waals surface area contributed by atoms with Gasteiger partial charge in [-0.25, -0.2) is 4.98 Å². The summed E-state index contributed by atoms with van der Waals surface area (Å²) in [5, 5.41) is 10.1. The predicted octanol–water partition coefficient (Wildman–Crippen LogP) is 3.48. The molecule has 1 aromatic heterocycles. The maximum atomic E-state index is 12.5. The summed E-state index contributed by atoms with van der Waals surface area (Å²) in [7, 11) is 0. The van der Waals surface area contributed by atoms with E-state index in [1.54, 1.807) is 0 Å². The van der Waals surface area contributed by atoms with Gasteiger partial charge in [0.25, 0.3) is 0 Å². The van der Waals surface area contributed by atoms with E-state index in [9.17, 15) is 10.1 Å². The SMILES string of the molecule is Cc1nc(SCC(=O)N2CC(C)CC(C)C2)c(C#N)c(C)c1C. The van der Waals surface area contributed by atoms with E-state index >= 15 is 0 Å². The summed E-state index contributed by atoms with van der Waals surface area (Å²) < 4.78 is 0. The molecule has 0 saturated carbocycles. The maximum Gasteiger partial charge on any atom is 0.233 e. The minimum Gasteiger partial charge on any atom is -0.341 e. The fraction of sp³-hybridized carbons (Fsp3) is 0.611. The topological polar surface area (TPSA) is 57.0 Å². The minimum absolute atomic E-state index is 0.148. The van der Waals surface area contributed by atoms with Crippen molar-refractivity contribution in [3.8, 4) is 6.07 Å². The normalized spacial score (nSPS) is 21.1. The zero-order valence-corrected chi connectivity index (χ0v) is 15.5. The van der Waals surface area contributed by atoms with Crippen molar-refractivity contribution in [2.24, 2.45) is 11.8 Å². The summed E-state index contributed by atoms with van der Waals surface area (Å²) in [6.07, 6.45) is 1.19. The molecular formula is C18H25N3OS. The Kier molecular flexibility index (Phi) is 5.69. The van der Waals surface area contributed by atoms with Gasteiger partial charge >= 0.3 is 0 Å². The van der Waals surface area contributed by atoms with Crippen molar-refractivity contribution in [2.75, 3.05) is 18.8 Å². The molecule has 2 rings (SSSR count). The Morgan fingerprint density at radius 2 is 1.87 bits per heavy atom. The third-order valence-corrected chi connectivity index (χ3v) is 5.59. The summed E-state index contributed by atoms with van der Waals surface area (Å²) in [5.41, 5.74) is 3.55. The van der Waals surface area contributed by atoms with Gasteiger partial charge < -0.3 is 4.90 Å². The summed E-state index contributed by atoms with van der Waals surface area (Å²) in [6, 6.07) is 2.24. The zero-order chi connectivity index (χ0) is 17.1. The molecule has 1 amide bonds. The van der Waals surface area contributed by atoms with Crippen LogP contribution in [0.25, 0.3) is 0 Å². The molecule has 0 aliphatic carbocycles. The van der Waals surface area contributed by atoms with Crippen LogP contribution in [0.15, 0.2) is 5.03 Å². The molecule has 2 unspecified atom stereocenters. The van der Waals surface area contributed by atoms with Gasteiger partial charge in [-0.3, -0.25) is 4.79 Å². The van der Waals surface area contributed by atoms with Crippen LogP contribution in [0.5, 0.6) is 0 Å². The Labute approximate surface area is 143 Å². The average molecular weight is 331 g/mol. The fourth-order valence-corrected chi connectivity index (χ4v) is 4.22. The van der Waals surface area contributed by atoms with Crippen molar-refractivity contribution in [1.29, 1.82) is 5.26 Å². The highest BCUT2D eigenvalue weighted by atomic mass is 32.2. The lowest BCUT2D eigenvalue weighted by Crippen LogP contribution is -2.43. The number of hydrogen-bond acceptors (Lipinski definition) is 4. The van der Waals surface area contributed by atoms with Crippen molar-refractivity contribution in [3.05, 3.63) is 22.4 Å². The van der Waals surface area contributed by atoms with E-state index in [2.05, 4.69) is 24.9 Å². The molecule has 1 aliphatic rings. The van der Waals surface area contributed by atoms with Crippen LogP contribution < -0.4 is 0 Å². The first kappa shape index (κ1) is 17.8. The molecule has 1 aromatic rings. The van der Waals surface area contributed by atoms with Crippen LogP contribution in [0, 0.1) is 43.9 Å². The number of nitriles is 1. The van der Waals surface area contributed by atoms with Crippen LogP contribution in [0.1, 0.15) is 42.7 Å². The summed E-state index contributed by atoms with van der Waals surface area (Å²) in [6.45, 7) is 12.0. The number of pyridine rings is 1. The van der Waals surface area contributed by atoms with Crippen molar-refractivity contribution < 1.29 is 4.79 Å². The smallest absolute Gasteiger partial charge is 0.233 e. The van der Waals surface area contributed by atoms with E-state index in [1.807, 2.05) is 25.7 Å². The predicted molar refractivity (Wildman–Crippen MR) is 93.4 cm³/mol. The Hall–Kier alpha value is -1.54. The van der Waals surface area contributed by atoms with E-state index in [4.69, 9.17) is 0 Å². The molecule has 0 bridgehead atoms. The largest absolute Gasteiger partial charge is 0.341 e. The number of nitrogens with zero attached hydrogens (tertiary/aromatic N) is 3. The number of aryl methyl sites for hydroxylation is 1. The molecule has 5 heteroatoms. The fourth-order valence-electron chi connectivity index (χ4n) is 3.24. The molecule has 0 N–H and O–H groups in total. The third-order valence-electron chi connectivity index (χ3n) is 4.63. The van der Waals surface area contributed by atoms with E-state index < -0.39 is 0 Å². The number of likely N-dealkylation sites (tertiary alicyclic amines) is 1. The third kappa shape index (κ3) is 4.06. The first-order chi connectivity index (χ1) is 10.8. The molecule has 0 spiro atoms. The highest BCUT2D eigenvalue weighted by Gasteiger charge is 2.25. The average Bonchev–Trinajstić information content (AvgIpc) is 2.49. The highest BCUT2D eigenvalue weighted by Crippen LogP contribution is 2.27. The minimum atomic E-state index is 0.148. The Balaban J connectivity index is 2.09. The molecule has 4 nitrogen and oxygen atoms in total. The first-order valence-electron chi connectivity index (χ1n) is 8.12. The number of rotatable bonds is 3. The van der Waals surface area contributed by atoms with Crippen LogP contribution in [0.2, 0.25) is 0 Å². The van der Waals surface area contributed by atoms with Gasteiger partial charge in [-0.05, 0) is 50.2 Å². The number of aromatic nitrogens is 1. The maximum absolute atomic E-state index is 12.5.